The monoisotopic (exact) mass is 342 g/mol. The molecule has 0 saturated heterocycles. The molecule has 3 aromatic rings. The van der Waals surface area contributed by atoms with E-state index in [4.69, 9.17) is 0 Å². The van der Waals surface area contributed by atoms with Crippen LogP contribution in [0.25, 0.3) is 10.6 Å². The first-order chi connectivity index (χ1) is 11.6. The van der Waals surface area contributed by atoms with Gasteiger partial charge in [0.05, 0.1) is 34.5 Å². The van der Waals surface area contributed by atoms with E-state index in [0.717, 1.165) is 27.0 Å². The number of aliphatic hydroxyl groups is 2. The number of hydrogen-bond acceptors (Lipinski definition) is 7. The highest BCUT2D eigenvalue weighted by atomic mass is 32.1. The van der Waals surface area contributed by atoms with Crippen LogP contribution >= 0.6 is 11.3 Å². The fraction of sp³-hybridized carbons (Fsp3) is 0.235. The second kappa shape index (κ2) is 7.04. The van der Waals surface area contributed by atoms with E-state index >= 15 is 0 Å². The molecule has 7 heteroatoms. The van der Waals surface area contributed by atoms with Crippen molar-refractivity contribution < 1.29 is 10.2 Å². The summed E-state index contributed by atoms with van der Waals surface area (Å²) in [5, 5.41) is 22.8. The molecule has 0 amide bonds. The van der Waals surface area contributed by atoms with Crippen molar-refractivity contribution in [2.45, 2.75) is 27.1 Å². The van der Waals surface area contributed by atoms with Gasteiger partial charge in [0.15, 0.2) is 0 Å². The maximum Gasteiger partial charge on any atom is 0.227 e. The third-order valence-electron chi connectivity index (χ3n) is 3.47. The highest BCUT2D eigenvalue weighted by Crippen LogP contribution is 2.29. The predicted octanol–water partition coefficient (Wildman–Crippen LogP) is 2.95. The lowest BCUT2D eigenvalue weighted by Gasteiger charge is -2.09. The van der Waals surface area contributed by atoms with E-state index in [1.807, 2.05) is 19.9 Å². The molecule has 1 aromatic carbocycles. The summed E-state index contributed by atoms with van der Waals surface area (Å²) in [7, 11) is 0. The van der Waals surface area contributed by atoms with Gasteiger partial charge in [-0.25, -0.2) is 15.0 Å². The third kappa shape index (κ3) is 3.59. The van der Waals surface area contributed by atoms with Crippen LogP contribution in [0.4, 0.5) is 11.6 Å². The van der Waals surface area contributed by atoms with Gasteiger partial charge in [-0.1, -0.05) is 6.07 Å². The topological polar surface area (TPSA) is 91.2 Å². The summed E-state index contributed by atoms with van der Waals surface area (Å²) < 4.78 is 0. The number of aryl methyl sites for hydroxylation is 2. The Morgan fingerprint density at radius 3 is 2.33 bits per heavy atom. The van der Waals surface area contributed by atoms with Gasteiger partial charge in [0.25, 0.3) is 0 Å². The van der Waals surface area contributed by atoms with Crippen LogP contribution in [0.2, 0.25) is 0 Å². The zero-order chi connectivity index (χ0) is 17.1. The number of anilines is 2. The first kappa shape index (κ1) is 16.5. The Labute approximate surface area is 143 Å². The fourth-order valence-electron chi connectivity index (χ4n) is 2.46. The summed E-state index contributed by atoms with van der Waals surface area (Å²) in [5.41, 5.74) is 3.92. The van der Waals surface area contributed by atoms with Crippen molar-refractivity contribution >= 4 is 23.0 Å². The molecular formula is C17H18N4O2S. The summed E-state index contributed by atoms with van der Waals surface area (Å²) in [5.74, 6) is 0.455. The summed E-state index contributed by atoms with van der Waals surface area (Å²) in [4.78, 5) is 14.2. The lowest BCUT2D eigenvalue weighted by atomic mass is 10.1. The van der Waals surface area contributed by atoms with Crippen molar-refractivity contribution in [2.75, 3.05) is 5.32 Å². The molecule has 0 aliphatic carbocycles. The minimum Gasteiger partial charge on any atom is -0.392 e. The fourth-order valence-corrected chi connectivity index (χ4v) is 3.35. The Morgan fingerprint density at radius 1 is 1.04 bits per heavy atom. The molecule has 24 heavy (non-hydrogen) atoms. The molecule has 3 N–H and O–H groups in total. The van der Waals surface area contributed by atoms with E-state index in [1.165, 1.54) is 0 Å². The molecular weight excluding hydrogens is 324 g/mol. The normalized spacial score (nSPS) is 10.8. The number of rotatable bonds is 5. The number of nitrogens with one attached hydrogen (secondary N) is 1. The van der Waals surface area contributed by atoms with Gasteiger partial charge in [0.2, 0.25) is 5.95 Å². The molecule has 0 saturated carbocycles. The molecule has 124 valence electrons. The van der Waals surface area contributed by atoms with Crippen molar-refractivity contribution in [3.05, 3.63) is 52.3 Å². The molecule has 0 atom stereocenters. The zero-order valence-corrected chi connectivity index (χ0v) is 14.3. The van der Waals surface area contributed by atoms with Gasteiger partial charge < -0.3 is 15.5 Å². The Bertz CT molecular complexity index is 841. The van der Waals surface area contributed by atoms with Crippen LogP contribution in [0.1, 0.15) is 21.8 Å². The van der Waals surface area contributed by atoms with E-state index in [2.05, 4.69) is 20.3 Å². The maximum absolute atomic E-state index is 9.33. The molecule has 0 aliphatic rings. The number of benzene rings is 1. The standard InChI is InChI=1S/C17H18N4O2S/c1-10-16(24-11(2)19-10)15-3-4-18-17(21-15)20-14-6-12(8-22)5-13(7-14)9-23/h3-7,22-23H,8-9H2,1-2H3,(H,18,20,21). The minimum absolute atomic E-state index is 0.0945. The van der Waals surface area contributed by atoms with Crippen LogP contribution < -0.4 is 5.32 Å². The van der Waals surface area contributed by atoms with E-state index < -0.39 is 0 Å². The summed E-state index contributed by atoms with van der Waals surface area (Å²) in [6.45, 7) is 3.75. The van der Waals surface area contributed by atoms with Crippen molar-refractivity contribution in [1.82, 2.24) is 15.0 Å². The van der Waals surface area contributed by atoms with Gasteiger partial charge in [-0.2, -0.15) is 0 Å². The van der Waals surface area contributed by atoms with Crippen LogP contribution in [0.15, 0.2) is 30.5 Å². The quantitative estimate of drug-likeness (QED) is 0.660. The highest BCUT2D eigenvalue weighted by Gasteiger charge is 2.10. The molecule has 2 heterocycles. The Kier molecular flexibility index (Phi) is 4.84. The van der Waals surface area contributed by atoms with Crippen molar-refractivity contribution in [3.63, 3.8) is 0 Å². The number of aromatic nitrogens is 3. The van der Waals surface area contributed by atoms with E-state index in [0.29, 0.717) is 17.1 Å². The van der Waals surface area contributed by atoms with Gasteiger partial charge in [0, 0.05) is 11.9 Å². The molecule has 3 rings (SSSR count). The van der Waals surface area contributed by atoms with Gasteiger partial charge >= 0.3 is 0 Å². The molecule has 0 radical (unpaired) electrons. The lowest BCUT2D eigenvalue weighted by Crippen LogP contribution is -2.00. The zero-order valence-electron chi connectivity index (χ0n) is 13.4. The average Bonchev–Trinajstić information content (AvgIpc) is 2.93. The second-order valence-electron chi connectivity index (χ2n) is 5.39. The van der Waals surface area contributed by atoms with Crippen LogP contribution in [-0.2, 0) is 13.2 Å². The van der Waals surface area contributed by atoms with Crippen LogP contribution in [0, 0.1) is 13.8 Å². The number of nitrogens with zero attached hydrogens (tertiary/aromatic N) is 3. The Hall–Kier alpha value is -2.35. The number of hydrogen-bond donors (Lipinski definition) is 3. The van der Waals surface area contributed by atoms with E-state index in [1.54, 1.807) is 35.7 Å². The molecule has 2 aromatic heterocycles. The molecule has 0 aliphatic heterocycles. The largest absolute Gasteiger partial charge is 0.392 e. The molecule has 0 unspecified atom stereocenters. The number of thiazole rings is 1. The Balaban J connectivity index is 1.91. The summed E-state index contributed by atoms with van der Waals surface area (Å²) in [6.07, 6.45) is 1.70. The van der Waals surface area contributed by atoms with Gasteiger partial charge in [0.1, 0.15) is 0 Å². The first-order valence-corrected chi connectivity index (χ1v) is 8.29. The first-order valence-electron chi connectivity index (χ1n) is 7.48. The van der Waals surface area contributed by atoms with Gasteiger partial charge in [-0.3, -0.25) is 0 Å². The van der Waals surface area contributed by atoms with Crippen LogP contribution in [0.3, 0.4) is 0 Å². The van der Waals surface area contributed by atoms with Crippen molar-refractivity contribution in [2.24, 2.45) is 0 Å². The Morgan fingerprint density at radius 2 is 1.75 bits per heavy atom. The SMILES string of the molecule is Cc1nc(C)c(-c2ccnc(Nc3cc(CO)cc(CO)c3)n2)s1. The highest BCUT2D eigenvalue weighted by molar-refractivity contribution is 7.15. The van der Waals surface area contributed by atoms with Crippen molar-refractivity contribution in [1.29, 1.82) is 0 Å². The molecule has 0 bridgehead atoms. The molecule has 6 nitrogen and oxygen atoms in total. The molecule has 0 fully saturated rings. The van der Waals surface area contributed by atoms with E-state index in [9.17, 15) is 10.2 Å². The van der Waals surface area contributed by atoms with Crippen LogP contribution in [0.5, 0.6) is 0 Å². The molecule has 0 spiro atoms. The number of aliphatic hydroxyl groups excluding tert-OH is 2. The predicted molar refractivity (Wildman–Crippen MR) is 94.2 cm³/mol. The van der Waals surface area contributed by atoms with Gasteiger partial charge in [-0.15, -0.1) is 11.3 Å². The van der Waals surface area contributed by atoms with Gasteiger partial charge in [-0.05, 0) is 43.2 Å². The smallest absolute Gasteiger partial charge is 0.227 e. The third-order valence-corrected chi connectivity index (χ3v) is 4.56. The summed E-state index contributed by atoms with van der Waals surface area (Å²) >= 11 is 1.60. The lowest BCUT2D eigenvalue weighted by molar-refractivity contribution is 0.275. The second-order valence-corrected chi connectivity index (χ2v) is 6.60. The average molecular weight is 342 g/mol. The maximum atomic E-state index is 9.33. The van der Waals surface area contributed by atoms with Crippen molar-refractivity contribution in [3.8, 4) is 10.6 Å². The minimum atomic E-state index is -0.0945. The summed E-state index contributed by atoms with van der Waals surface area (Å²) in [6, 6.07) is 7.22. The van der Waals surface area contributed by atoms with Crippen LogP contribution in [-0.4, -0.2) is 25.2 Å². The van der Waals surface area contributed by atoms with E-state index in [-0.39, 0.29) is 13.2 Å².